The Balaban J connectivity index is 1.70. The van der Waals surface area contributed by atoms with E-state index in [1.54, 1.807) is 0 Å². The molecule has 13 heteroatoms. The zero-order valence-electron chi connectivity index (χ0n) is 19.1. The minimum absolute atomic E-state index is 0.241. The van der Waals surface area contributed by atoms with Crippen molar-refractivity contribution in [2.45, 2.75) is 43.2 Å². The molecule has 0 saturated carbocycles. The summed E-state index contributed by atoms with van der Waals surface area (Å²) in [5.74, 6) is -3.93. The van der Waals surface area contributed by atoms with Crippen molar-refractivity contribution < 1.29 is 64.7 Å². The lowest BCUT2D eigenvalue weighted by atomic mass is 9.99. The van der Waals surface area contributed by atoms with Crippen molar-refractivity contribution in [2.75, 3.05) is 6.61 Å². The second kappa shape index (κ2) is 11.9. The van der Waals surface area contributed by atoms with E-state index < -0.39 is 66.9 Å². The monoisotopic (exact) mass is 522 g/mol. The summed E-state index contributed by atoms with van der Waals surface area (Å²) in [7, 11) is 0. The third kappa shape index (κ3) is 6.87. The fourth-order valence-electron chi connectivity index (χ4n) is 3.45. The molecule has 1 aliphatic rings. The number of carbonyl (C=O) groups is 2. The van der Waals surface area contributed by atoms with Gasteiger partial charge in [0.25, 0.3) is 0 Å². The van der Waals surface area contributed by atoms with E-state index in [4.69, 9.17) is 14.2 Å². The average Bonchev–Trinajstić information content (AvgIpc) is 2.86. The molecule has 0 aromatic heterocycles. The Kier molecular flexibility index (Phi) is 8.91. The standard InChI is InChI=1S/C24H26O13/c25-10-18-20(30)21(31)22(32)24(37-18)36-16-8-12(2-5-14(16)27)9-17(23(33)34)35-19(29)6-3-11-1-4-13(26)15(28)7-11/h1-8,17-18,20-22,24-28,30-32H,9-10H2,(H,33,34)/b6-3+/t17-,18+,20+,21-,22+,24+/m1/s1. The first-order valence-electron chi connectivity index (χ1n) is 10.9. The van der Waals surface area contributed by atoms with Crippen LogP contribution in [0.5, 0.6) is 23.0 Å². The number of aliphatic hydroxyl groups is 4. The maximum absolute atomic E-state index is 12.2. The summed E-state index contributed by atoms with van der Waals surface area (Å²) in [6.45, 7) is -0.690. The van der Waals surface area contributed by atoms with Gasteiger partial charge in [-0.05, 0) is 41.5 Å². The number of carboxylic acid groups (broad SMARTS) is 1. The average molecular weight is 522 g/mol. The van der Waals surface area contributed by atoms with Crippen LogP contribution in [0.4, 0.5) is 0 Å². The van der Waals surface area contributed by atoms with Crippen LogP contribution >= 0.6 is 0 Å². The predicted octanol–water partition coefficient (Wildman–Crippen LogP) is -0.766. The van der Waals surface area contributed by atoms with Crippen molar-refractivity contribution in [3.05, 3.63) is 53.6 Å². The Bertz CT molecular complexity index is 1150. The molecular weight excluding hydrogens is 496 g/mol. The second-order valence-corrected chi connectivity index (χ2v) is 8.17. The van der Waals surface area contributed by atoms with E-state index in [9.17, 15) is 50.4 Å². The second-order valence-electron chi connectivity index (χ2n) is 8.17. The molecule has 1 saturated heterocycles. The molecule has 200 valence electrons. The van der Waals surface area contributed by atoms with Crippen LogP contribution in [-0.4, -0.2) is 96.2 Å². The van der Waals surface area contributed by atoms with Gasteiger partial charge in [-0.15, -0.1) is 0 Å². The number of aliphatic hydroxyl groups excluding tert-OH is 4. The maximum atomic E-state index is 12.2. The third-order valence-electron chi connectivity index (χ3n) is 5.48. The largest absolute Gasteiger partial charge is 0.504 e. The molecular formula is C24H26O13. The van der Waals surface area contributed by atoms with E-state index in [0.717, 1.165) is 12.1 Å². The van der Waals surface area contributed by atoms with E-state index in [2.05, 4.69) is 0 Å². The Labute approximate surface area is 209 Å². The number of phenolic OH excluding ortho intramolecular Hbond substituents is 3. The number of phenols is 3. The quantitative estimate of drug-likeness (QED) is 0.115. The van der Waals surface area contributed by atoms with E-state index >= 15 is 0 Å². The number of hydrogen-bond acceptors (Lipinski definition) is 12. The smallest absolute Gasteiger partial charge is 0.345 e. The van der Waals surface area contributed by atoms with E-state index in [-0.39, 0.29) is 23.5 Å². The van der Waals surface area contributed by atoms with Crippen LogP contribution in [-0.2, 0) is 25.5 Å². The number of rotatable bonds is 9. The highest BCUT2D eigenvalue weighted by atomic mass is 16.7. The Morgan fingerprint density at radius 2 is 1.65 bits per heavy atom. The highest BCUT2D eigenvalue weighted by Crippen LogP contribution is 2.32. The number of carbonyl (C=O) groups excluding carboxylic acids is 1. The van der Waals surface area contributed by atoms with Crippen molar-refractivity contribution in [1.29, 1.82) is 0 Å². The molecule has 8 N–H and O–H groups in total. The number of hydrogen-bond donors (Lipinski definition) is 8. The summed E-state index contributed by atoms with van der Waals surface area (Å²) in [5, 5.41) is 77.6. The molecule has 13 nitrogen and oxygen atoms in total. The molecule has 2 aromatic rings. The SMILES string of the molecule is O=C(/C=C/c1ccc(O)c(O)c1)O[C@H](Cc1ccc(O)c(O[C@H]2O[C@@H](CO)[C@H](O)[C@@H](O)[C@@H]2O)c1)C(=O)O. The van der Waals surface area contributed by atoms with Crippen molar-refractivity contribution in [2.24, 2.45) is 0 Å². The summed E-state index contributed by atoms with van der Waals surface area (Å²) < 4.78 is 15.6. The molecule has 3 rings (SSSR count). The van der Waals surface area contributed by atoms with Gasteiger partial charge in [-0.25, -0.2) is 9.59 Å². The number of esters is 1. The Hall–Kier alpha value is -3.88. The molecule has 0 spiro atoms. The van der Waals surface area contributed by atoms with Crippen LogP contribution in [0.25, 0.3) is 6.08 Å². The molecule has 1 heterocycles. The summed E-state index contributed by atoms with van der Waals surface area (Å²) in [4.78, 5) is 23.8. The summed E-state index contributed by atoms with van der Waals surface area (Å²) in [5.41, 5.74) is 0.581. The van der Waals surface area contributed by atoms with Crippen molar-refractivity contribution in [1.82, 2.24) is 0 Å². The van der Waals surface area contributed by atoms with E-state index in [1.807, 2.05) is 0 Å². The number of aromatic hydroxyl groups is 3. The number of ether oxygens (including phenoxy) is 3. The van der Waals surface area contributed by atoms with Gasteiger partial charge in [0.15, 0.2) is 23.0 Å². The molecule has 0 amide bonds. The van der Waals surface area contributed by atoms with Gasteiger partial charge in [-0.1, -0.05) is 12.1 Å². The van der Waals surface area contributed by atoms with Crippen LogP contribution in [0.2, 0.25) is 0 Å². The predicted molar refractivity (Wildman–Crippen MR) is 123 cm³/mol. The van der Waals surface area contributed by atoms with Crippen LogP contribution in [0.3, 0.4) is 0 Å². The molecule has 0 bridgehead atoms. The zero-order chi connectivity index (χ0) is 27.3. The lowest BCUT2D eigenvalue weighted by Gasteiger charge is -2.39. The molecule has 37 heavy (non-hydrogen) atoms. The fourth-order valence-corrected chi connectivity index (χ4v) is 3.45. The van der Waals surface area contributed by atoms with Gasteiger partial charge in [0, 0.05) is 12.5 Å². The van der Waals surface area contributed by atoms with Gasteiger partial charge in [0.05, 0.1) is 6.61 Å². The third-order valence-corrected chi connectivity index (χ3v) is 5.48. The van der Waals surface area contributed by atoms with Gasteiger partial charge in [0.2, 0.25) is 12.4 Å². The van der Waals surface area contributed by atoms with Gasteiger partial charge in [-0.2, -0.15) is 0 Å². The zero-order valence-corrected chi connectivity index (χ0v) is 19.1. The molecule has 0 aliphatic carbocycles. The van der Waals surface area contributed by atoms with Crippen molar-refractivity contribution in [3.63, 3.8) is 0 Å². The van der Waals surface area contributed by atoms with Crippen LogP contribution in [0.1, 0.15) is 11.1 Å². The Morgan fingerprint density at radius 3 is 2.30 bits per heavy atom. The van der Waals surface area contributed by atoms with E-state index in [0.29, 0.717) is 5.56 Å². The summed E-state index contributed by atoms with van der Waals surface area (Å²) in [6, 6.07) is 7.49. The van der Waals surface area contributed by atoms with Crippen molar-refractivity contribution >= 4 is 18.0 Å². The number of benzene rings is 2. The lowest BCUT2D eigenvalue weighted by Crippen LogP contribution is -2.60. The number of aliphatic carboxylic acids is 1. The van der Waals surface area contributed by atoms with E-state index in [1.165, 1.54) is 36.4 Å². The minimum atomic E-state index is -1.74. The lowest BCUT2D eigenvalue weighted by molar-refractivity contribution is -0.277. The normalized spacial score (nSPS) is 24.5. The maximum Gasteiger partial charge on any atom is 0.345 e. The van der Waals surface area contributed by atoms with Crippen LogP contribution in [0, 0.1) is 0 Å². The fraction of sp³-hybridized carbons (Fsp3) is 0.333. The first-order valence-corrected chi connectivity index (χ1v) is 10.9. The molecule has 1 aliphatic heterocycles. The molecule has 6 atom stereocenters. The van der Waals surface area contributed by atoms with Gasteiger partial charge in [0.1, 0.15) is 24.4 Å². The first-order chi connectivity index (χ1) is 17.5. The Morgan fingerprint density at radius 1 is 0.946 bits per heavy atom. The van der Waals surface area contributed by atoms with Gasteiger partial charge < -0.3 is 55.1 Å². The molecule has 1 fully saturated rings. The highest BCUT2D eigenvalue weighted by molar-refractivity contribution is 5.89. The molecule has 0 unspecified atom stereocenters. The van der Waals surface area contributed by atoms with Crippen LogP contribution < -0.4 is 4.74 Å². The minimum Gasteiger partial charge on any atom is -0.504 e. The summed E-state index contributed by atoms with van der Waals surface area (Å²) >= 11 is 0. The van der Waals surface area contributed by atoms with Gasteiger partial charge in [-0.3, -0.25) is 0 Å². The molecule has 2 aromatic carbocycles. The topological polar surface area (TPSA) is 224 Å². The number of carboxylic acids is 1. The van der Waals surface area contributed by atoms with Crippen molar-refractivity contribution in [3.8, 4) is 23.0 Å². The highest BCUT2D eigenvalue weighted by Gasteiger charge is 2.45. The molecule has 0 radical (unpaired) electrons. The van der Waals surface area contributed by atoms with Crippen LogP contribution in [0.15, 0.2) is 42.5 Å². The van der Waals surface area contributed by atoms with Gasteiger partial charge >= 0.3 is 11.9 Å². The first kappa shape index (κ1) is 27.7. The summed E-state index contributed by atoms with van der Waals surface area (Å²) in [6.07, 6.45) is -7.71.